The Balaban J connectivity index is 1.54. The predicted molar refractivity (Wildman–Crippen MR) is 151 cm³/mol. The highest BCUT2D eigenvalue weighted by atomic mass is 16.9. The SMILES string of the molecule is CC(=O)Oc1cc(C)c(OC(C)=O)c(CC2(C)C(C)CCC3(C)C2CCC24OC(OC(C)=O)(CCC32)OC4(C)C)c1. The van der Waals surface area contributed by atoms with Crippen molar-refractivity contribution in [3.05, 3.63) is 23.3 Å². The van der Waals surface area contributed by atoms with Crippen LogP contribution in [0.5, 0.6) is 11.5 Å². The Morgan fingerprint density at radius 3 is 2.15 bits per heavy atom. The number of aryl methyl sites for hydroxylation is 1. The van der Waals surface area contributed by atoms with Gasteiger partial charge in [-0.3, -0.25) is 14.4 Å². The second-order valence-corrected chi connectivity index (χ2v) is 14.1. The summed E-state index contributed by atoms with van der Waals surface area (Å²) in [4.78, 5) is 35.9. The number of rotatable bonds is 5. The fraction of sp³-hybridized carbons (Fsp3) is 0.727. The molecule has 1 aromatic rings. The molecule has 8 nitrogen and oxygen atoms in total. The molecule has 0 radical (unpaired) electrons. The normalized spacial score (nSPS) is 38.8. The number of ether oxygens (including phenoxy) is 5. The van der Waals surface area contributed by atoms with E-state index >= 15 is 0 Å². The molecule has 226 valence electrons. The maximum Gasteiger partial charge on any atom is 0.330 e. The van der Waals surface area contributed by atoms with Gasteiger partial charge in [0.05, 0.1) is 5.60 Å². The third-order valence-electron chi connectivity index (χ3n) is 11.2. The molecule has 1 spiro atoms. The van der Waals surface area contributed by atoms with Crippen molar-refractivity contribution in [2.24, 2.45) is 28.6 Å². The van der Waals surface area contributed by atoms with Crippen molar-refractivity contribution in [3.63, 3.8) is 0 Å². The van der Waals surface area contributed by atoms with E-state index in [1.54, 1.807) is 6.07 Å². The minimum Gasteiger partial charge on any atom is -0.427 e. The largest absolute Gasteiger partial charge is 0.427 e. The van der Waals surface area contributed by atoms with Gasteiger partial charge in [0.1, 0.15) is 17.1 Å². The summed E-state index contributed by atoms with van der Waals surface area (Å²) in [7, 11) is 0. The monoisotopic (exact) mass is 570 g/mol. The molecule has 2 aliphatic heterocycles. The Kier molecular flexibility index (Phi) is 7.18. The first kappa shape index (κ1) is 30.0. The first-order chi connectivity index (χ1) is 19.0. The lowest BCUT2D eigenvalue weighted by molar-refractivity contribution is -0.364. The van der Waals surface area contributed by atoms with Crippen molar-refractivity contribution in [1.82, 2.24) is 0 Å². The lowest BCUT2D eigenvalue weighted by atomic mass is 9.40. The summed E-state index contributed by atoms with van der Waals surface area (Å²) >= 11 is 0. The Morgan fingerprint density at radius 1 is 0.854 bits per heavy atom. The average molecular weight is 571 g/mol. The van der Waals surface area contributed by atoms with Gasteiger partial charge >= 0.3 is 23.9 Å². The Bertz CT molecular complexity index is 1270. The number of carbonyl (C=O) groups excluding carboxylic acids is 3. The van der Waals surface area contributed by atoms with Crippen molar-refractivity contribution in [1.29, 1.82) is 0 Å². The van der Waals surface area contributed by atoms with Crippen molar-refractivity contribution < 1.29 is 38.1 Å². The smallest absolute Gasteiger partial charge is 0.330 e. The summed E-state index contributed by atoms with van der Waals surface area (Å²) in [6, 6.07) is 3.62. The average Bonchev–Trinajstić information content (AvgIpc) is 2.98. The Labute approximate surface area is 243 Å². The summed E-state index contributed by atoms with van der Waals surface area (Å²) in [6.45, 7) is 17.4. The molecule has 5 rings (SSSR count). The first-order valence-electron chi connectivity index (χ1n) is 15.1. The van der Waals surface area contributed by atoms with Crippen LogP contribution in [0.15, 0.2) is 12.1 Å². The fourth-order valence-corrected chi connectivity index (χ4v) is 9.47. The van der Waals surface area contributed by atoms with E-state index in [4.69, 9.17) is 23.7 Å². The van der Waals surface area contributed by atoms with E-state index in [-0.39, 0.29) is 28.7 Å². The molecule has 0 aromatic heterocycles. The molecule has 2 bridgehead atoms. The summed E-state index contributed by atoms with van der Waals surface area (Å²) < 4.78 is 30.2. The van der Waals surface area contributed by atoms with Gasteiger partial charge in [0.2, 0.25) is 0 Å². The highest BCUT2D eigenvalue weighted by Gasteiger charge is 2.75. The van der Waals surface area contributed by atoms with E-state index in [1.807, 2.05) is 13.0 Å². The molecule has 4 aliphatic rings. The first-order valence-corrected chi connectivity index (χ1v) is 15.1. The zero-order valence-corrected chi connectivity index (χ0v) is 26.1. The van der Waals surface area contributed by atoms with Gasteiger partial charge in [-0.25, -0.2) is 0 Å². The lowest BCUT2D eigenvalue weighted by Crippen LogP contribution is -2.67. The van der Waals surface area contributed by atoms with E-state index in [2.05, 4.69) is 34.6 Å². The predicted octanol–water partition coefficient (Wildman–Crippen LogP) is 6.43. The van der Waals surface area contributed by atoms with Crippen molar-refractivity contribution in [3.8, 4) is 11.5 Å². The molecule has 4 fully saturated rings. The number of benzene rings is 1. The third kappa shape index (κ3) is 4.69. The van der Waals surface area contributed by atoms with Gasteiger partial charge in [-0.1, -0.05) is 20.8 Å². The highest BCUT2D eigenvalue weighted by molar-refractivity contribution is 5.72. The van der Waals surface area contributed by atoms with Crippen LogP contribution in [-0.2, 0) is 35.0 Å². The second kappa shape index (κ2) is 9.80. The third-order valence-corrected chi connectivity index (χ3v) is 11.2. The molecule has 0 amide bonds. The van der Waals surface area contributed by atoms with Crippen molar-refractivity contribution in [2.45, 2.75) is 124 Å². The maximum atomic E-state index is 12.1. The van der Waals surface area contributed by atoms with Crippen LogP contribution in [0.4, 0.5) is 0 Å². The second-order valence-electron chi connectivity index (χ2n) is 14.1. The van der Waals surface area contributed by atoms with Gasteiger partial charge in [-0.15, -0.1) is 0 Å². The van der Waals surface area contributed by atoms with Gasteiger partial charge in [0.25, 0.3) is 0 Å². The van der Waals surface area contributed by atoms with Gasteiger partial charge in [-0.2, -0.15) is 0 Å². The molecular formula is C33H46O8. The van der Waals surface area contributed by atoms with Gasteiger partial charge < -0.3 is 23.7 Å². The van der Waals surface area contributed by atoms with Crippen LogP contribution in [0.2, 0.25) is 0 Å². The minimum atomic E-state index is -1.31. The maximum absolute atomic E-state index is 12.1. The minimum absolute atomic E-state index is 0.0446. The molecule has 2 saturated carbocycles. The van der Waals surface area contributed by atoms with E-state index < -0.39 is 23.1 Å². The molecule has 2 saturated heterocycles. The summed E-state index contributed by atoms with van der Waals surface area (Å²) in [6.07, 6.45) is 5.92. The quantitative estimate of drug-likeness (QED) is 0.295. The van der Waals surface area contributed by atoms with Crippen LogP contribution < -0.4 is 9.47 Å². The number of hydrogen-bond acceptors (Lipinski definition) is 8. The molecule has 2 aliphatic carbocycles. The number of hydrogen-bond donors (Lipinski definition) is 0. The van der Waals surface area contributed by atoms with Crippen molar-refractivity contribution in [2.75, 3.05) is 0 Å². The van der Waals surface area contributed by atoms with Crippen LogP contribution in [0.3, 0.4) is 0 Å². The van der Waals surface area contributed by atoms with E-state index in [0.717, 1.165) is 43.2 Å². The lowest BCUT2D eigenvalue weighted by Gasteiger charge is -2.66. The highest BCUT2D eigenvalue weighted by Crippen LogP contribution is 2.71. The molecule has 0 N–H and O–H groups in total. The van der Waals surface area contributed by atoms with E-state index in [0.29, 0.717) is 36.2 Å². The van der Waals surface area contributed by atoms with Gasteiger partial charge in [-0.05, 0) is 111 Å². The van der Waals surface area contributed by atoms with Gasteiger partial charge in [0.15, 0.2) is 0 Å². The zero-order valence-electron chi connectivity index (χ0n) is 26.1. The number of esters is 3. The Hall–Kier alpha value is -2.45. The number of fused-ring (bicyclic) bond motifs is 3. The van der Waals surface area contributed by atoms with Crippen LogP contribution in [0.1, 0.15) is 105 Å². The molecular weight excluding hydrogens is 524 g/mol. The van der Waals surface area contributed by atoms with Gasteiger partial charge in [0, 0.05) is 27.2 Å². The molecule has 41 heavy (non-hydrogen) atoms. The fourth-order valence-electron chi connectivity index (χ4n) is 9.47. The topological polar surface area (TPSA) is 97.4 Å². The number of carbonyl (C=O) groups is 3. The van der Waals surface area contributed by atoms with Crippen LogP contribution in [-0.4, -0.2) is 35.1 Å². The summed E-state index contributed by atoms with van der Waals surface area (Å²) in [5, 5.41) is 0. The van der Waals surface area contributed by atoms with Crippen molar-refractivity contribution >= 4 is 17.9 Å². The molecule has 7 unspecified atom stereocenters. The molecule has 7 atom stereocenters. The standard InChI is InChI=1S/C33H46O8/c1-19-16-25(37-21(3)34)17-24(28(19)38-22(4)35)18-31(9)20(2)10-13-30(8)26(31)11-14-32-27(30)12-15-33(41-32,39-23(5)36)40-29(32,6)7/h16-17,20,26-27H,10-15,18H2,1-9H3. The van der Waals surface area contributed by atoms with Crippen LogP contribution in [0, 0.1) is 35.5 Å². The van der Waals surface area contributed by atoms with E-state index in [9.17, 15) is 14.4 Å². The van der Waals surface area contributed by atoms with E-state index in [1.165, 1.54) is 20.8 Å². The van der Waals surface area contributed by atoms with Crippen LogP contribution >= 0.6 is 0 Å². The zero-order chi connectivity index (χ0) is 30.2. The summed E-state index contributed by atoms with van der Waals surface area (Å²) in [5.74, 6) is -0.457. The Morgan fingerprint density at radius 2 is 1.51 bits per heavy atom. The van der Waals surface area contributed by atoms with Crippen LogP contribution in [0.25, 0.3) is 0 Å². The molecule has 2 heterocycles. The summed E-state index contributed by atoms with van der Waals surface area (Å²) in [5.41, 5.74) is 0.305. The molecule has 1 aromatic carbocycles. The molecule has 8 heteroatoms.